The van der Waals surface area contributed by atoms with Crippen molar-refractivity contribution in [2.24, 2.45) is 0 Å². The molecule has 0 bridgehead atoms. The van der Waals surface area contributed by atoms with Crippen LogP contribution in [0.1, 0.15) is 15.7 Å². The van der Waals surface area contributed by atoms with Crippen LogP contribution in [0, 0.1) is 6.92 Å². The highest BCUT2D eigenvalue weighted by Crippen LogP contribution is 2.48. The number of benzene rings is 2. The minimum atomic E-state index is -0.574. The van der Waals surface area contributed by atoms with E-state index in [9.17, 15) is 9.59 Å². The third-order valence-electron chi connectivity index (χ3n) is 3.84. The van der Waals surface area contributed by atoms with Gasteiger partial charge < -0.3 is 14.8 Å². The molecule has 0 radical (unpaired) electrons. The van der Waals surface area contributed by atoms with Gasteiger partial charge in [-0.05, 0) is 25.1 Å². The summed E-state index contributed by atoms with van der Waals surface area (Å²) in [4.78, 5) is 23.8. The Hall–Kier alpha value is -2.12. The van der Waals surface area contributed by atoms with Crippen molar-refractivity contribution in [3.05, 3.63) is 59.7 Å². The second kappa shape index (κ2) is 9.71. The first-order valence-electron chi connectivity index (χ1n) is 8.59. The van der Waals surface area contributed by atoms with Gasteiger partial charge in [-0.2, -0.15) is 0 Å². The van der Waals surface area contributed by atoms with Crippen LogP contribution in [-0.2, 0) is 14.3 Å². The second-order valence-corrected chi connectivity index (χ2v) is 8.70. The summed E-state index contributed by atoms with van der Waals surface area (Å²) in [6, 6.07) is 15.1. The Kier molecular flexibility index (Phi) is 7.06. The predicted molar refractivity (Wildman–Crippen MR) is 110 cm³/mol. The number of amides is 1. The molecule has 0 saturated carbocycles. The van der Waals surface area contributed by atoms with Gasteiger partial charge in [0.15, 0.2) is 13.2 Å². The molecule has 2 aromatic rings. The summed E-state index contributed by atoms with van der Waals surface area (Å²) >= 11 is 3.75. The van der Waals surface area contributed by atoms with Crippen LogP contribution >= 0.6 is 23.5 Å². The van der Waals surface area contributed by atoms with Gasteiger partial charge in [0.05, 0.1) is 4.58 Å². The van der Waals surface area contributed by atoms with Crippen molar-refractivity contribution in [1.82, 2.24) is 0 Å². The van der Waals surface area contributed by atoms with Gasteiger partial charge in [0.25, 0.3) is 5.91 Å². The van der Waals surface area contributed by atoms with E-state index < -0.39 is 5.97 Å². The number of thioether (sulfide) groups is 2. The molecule has 3 rings (SSSR count). The number of hydrogen-bond donors (Lipinski definition) is 1. The zero-order valence-electron chi connectivity index (χ0n) is 15.0. The van der Waals surface area contributed by atoms with Crippen LogP contribution in [0.3, 0.4) is 0 Å². The van der Waals surface area contributed by atoms with E-state index in [0.717, 1.165) is 22.6 Å². The normalized spacial score (nSPS) is 14.0. The maximum absolute atomic E-state index is 11.9. The third kappa shape index (κ3) is 5.94. The Morgan fingerprint density at radius 2 is 1.74 bits per heavy atom. The van der Waals surface area contributed by atoms with Crippen molar-refractivity contribution in [3.8, 4) is 5.75 Å². The Labute approximate surface area is 167 Å². The lowest BCUT2D eigenvalue weighted by atomic mass is 10.2. The molecule has 1 N–H and O–H groups in total. The van der Waals surface area contributed by atoms with Gasteiger partial charge in [-0.15, -0.1) is 23.5 Å². The summed E-state index contributed by atoms with van der Waals surface area (Å²) in [7, 11) is 0. The Bertz CT molecular complexity index is 789. The molecule has 7 heteroatoms. The fourth-order valence-electron chi connectivity index (χ4n) is 2.50. The van der Waals surface area contributed by atoms with Crippen molar-refractivity contribution in [3.63, 3.8) is 0 Å². The number of carbonyl (C=O) groups excluding carboxylic acids is 2. The first kappa shape index (κ1) is 19.6. The third-order valence-corrected chi connectivity index (χ3v) is 6.91. The highest BCUT2D eigenvalue weighted by atomic mass is 32.2. The van der Waals surface area contributed by atoms with Crippen LogP contribution in [0.5, 0.6) is 5.75 Å². The average molecular weight is 404 g/mol. The lowest BCUT2D eigenvalue weighted by Gasteiger charge is -2.14. The van der Waals surface area contributed by atoms with Crippen LogP contribution in [-0.4, -0.2) is 36.6 Å². The summed E-state index contributed by atoms with van der Waals surface area (Å²) in [5.74, 6) is 1.95. The minimum absolute atomic E-state index is 0.225. The largest absolute Gasteiger partial charge is 0.482 e. The Balaban J connectivity index is 1.44. The van der Waals surface area contributed by atoms with Crippen LogP contribution in [0.15, 0.2) is 48.5 Å². The topological polar surface area (TPSA) is 64.6 Å². The number of ether oxygens (including phenoxy) is 2. The molecule has 1 fully saturated rings. The number of hydrogen-bond acceptors (Lipinski definition) is 6. The lowest BCUT2D eigenvalue weighted by Crippen LogP contribution is -2.23. The molecular weight excluding hydrogens is 382 g/mol. The number of para-hydroxylation sites is 1. The average Bonchev–Trinajstić information content (AvgIpc) is 3.21. The summed E-state index contributed by atoms with van der Waals surface area (Å²) in [5, 5.41) is 2.68. The number of aryl methyl sites for hydroxylation is 1. The summed E-state index contributed by atoms with van der Waals surface area (Å²) in [5.41, 5.74) is 2.85. The molecule has 1 aliphatic heterocycles. The van der Waals surface area contributed by atoms with Crippen LogP contribution in [0.2, 0.25) is 0 Å². The number of carbonyl (C=O) groups is 2. The number of nitrogens with one attached hydrogen (secondary N) is 1. The van der Waals surface area contributed by atoms with Crippen molar-refractivity contribution < 1.29 is 19.1 Å². The molecule has 0 unspecified atom stereocenters. The quantitative estimate of drug-likeness (QED) is 0.704. The van der Waals surface area contributed by atoms with Gasteiger partial charge >= 0.3 is 5.97 Å². The number of esters is 1. The van der Waals surface area contributed by atoms with Gasteiger partial charge in [0, 0.05) is 22.8 Å². The van der Waals surface area contributed by atoms with Crippen molar-refractivity contribution >= 4 is 41.1 Å². The fraction of sp³-hybridized carbons (Fsp3) is 0.300. The van der Waals surface area contributed by atoms with E-state index >= 15 is 0 Å². The van der Waals surface area contributed by atoms with E-state index in [1.54, 1.807) is 12.1 Å². The molecule has 0 atom stereocenters. The zero-order valence-corrected chi connectivity index (χ0v) is 16.6. The maximum atomic E-state index is 11.9. The Morgan fingerprint density at radius 1 is 1.04 bits per heavy atom. The number of rotatable bonds is 7. The van der Waals surface area contributed by atoms with Gasteiger partial charge in [-0.1, -0.05) is 35.9 Å². The summed E-state index contributed by atoms with van der Waals surface area (Å²) in [6.45, 7) is 1.40. The zero-order chi connectivity index (χ0) is 19.1. The summed E-state index contributed by atoms with van der Waals surface area (Å²) in [6.07, 6.45) is 0. The van der Waals surface area contributed by atoms with E-state index in [4.69, 9.17) is 9.47 Å². The first-order chi connectivity index (χ1) is 13.1. The van der Waals surface area contributed by atoms with Gasteiger partial charge in [0.2, 0.25) is 0 Å². The van der Waals surface area contributed by atoms with Gasteiger partial charge in [0.1, 0.15) is 5.75 Å². The molecule has 1 saturated heterocycles. The van der Waals surface area contributed by atoms with Crippen LogP contribution in [0.4, 0.5) is 5.69 Å². The minimum Gasteiger partial charge on any atom is -0.482 e. The highest BCUT2D eigenvalue weighted by Gasteiger charge is 2.22. The number of anilines is 1. The van der Waals surface area contributed by atoms with Gasteiger partial charge in [-0.25, -0.2) is 4.79 Å². The maximum Gasteiger partial charge on any atom is 0.344 e. The van der Waals surface area contributed by atoms with E-state index in [-0.39, 0.29) is 19.1 Å². The van der Waals surface area contributed by atoms with Crippen molar-refractivity contribution in [2.45, 2.75) is 11.5 Å². The molecule has 1 aliphatic rings. The smallest absolute Gasteiger partial charge is 0.344 e. The molecule has 142 valence electrons. The second-order valence-electron chi connectivity index (χ2n) is 5.97. The molecule has 27 heavy (non-hydrogen) atoms. The monoisotopic (exact) mass is 403 g/mol. The molecular formula is C20H21NO4S2. The molecule has 2 aromatic carbocycles. The lowest BCUT2D eigenvalue weighted by molar-refractivity contribution is -0.149. The molecule has 0 aliphatic carbocycles. The van der Waals surface area contributed by atoms with Crippen LogP contribution < -0.4 is 10.1 Å². The van der Waals surface area contributed by atoms with E-state index in [0.29, 0.717) is 16.0 Å². The highest BCUT2D eigenvalue weighted by molar-refractivity contribution is 8.19. The molecule has 5 nitrogen and oxygen atoms in total. The van der Waals surface area contributed by atoms with Gasteiger partial charge in [-0.3, -0.25) is 4.79 Å². The molecule has 1 amide bonds. The molecule has 1 heterocycles. The molecule has 0 aromatic heterocycles. The fourth-order valence-corrected chi connectivity index (χ4v) is 5.41. The van der Waals surface area contributed by atoms with E-state index in [2.05, 4.69) is 5.32 Å². The van der Waals surface area contributed by atoms with E-state index in [1.807, 2.05) is 66.8 Å². The van der Waals surface area contributed by atoms with Crippen molar-refractivity contribution in [1.29, 1.82) is 0 Å². The first-order valence-corrected chi connectivity index (χ1v) is 10.7. The summed E-state index contributed by atoms with van der Waals surface area (Å²) < 4.78 is 11.0. The standard InChI is InChI=1S/C20H21NO4S2/c1-14-6-8-15(9-7-14)21-18(22)12-25-19(23)13-24-17-5-3-2-4-16(17)20-26-10-11-27-20/h2-9,20H,10-13H2,1H3,(H,21,22). The Morgan fingerprint density at radius 3 is 2.48 bits per heavy atom. The molecule has 0 spiro atoms. The van der Waals surface area contributed by atoms with E-state index in [1.165, 1.54) is 0 Å². The SMILES string of the molecule is Cc1ccc(NC(=O)COC(=O)COc2ccccc2C2SCCS2)cc1. The van der Waals surface area contributed by atoms with Crippen molar-refractivity contribution in [2.75, 3.05) is 30.0 Å². The predicted octanol–water partition coefficient (Wildman–Crippen LogP) is 4.03. The van der Waals surface area contributed by atoms with Crippen LogP contribution in [0.25, 0.3) is 0 Å².